The zero-order valence-corrected chi connectivity index (χ0v) is 13.9. The molecule has 0 bridgehead atoms. The molecule has 8 heteroatoms. The maximum absolute atomic E-state index is 12.1. The van der Waals surface area contributed by atoms with Gasteiger partial charge in [-0.3, -0.25) is 19.7 Å². The second-order valence-electron chi connectivity index (χ2n) is 5.06. The minimum absolute atomic E-state index is 0.0952. The third kappa shape index (κ3) is 5.15. The molecule has 0 aliphatic rings. The van der Waals surface area contributed by atoms with Crippen LogP contribution >= 0.6 is 0 Å². The first-order valence-corrected chi connectivity index (χ1v) is 7.66. The number of nitro benzene ring substituents is 1. The number of nitrogens with zero attached hydrogens (tertiary/aromatic N) is 2. The summed E-state index contributed by atoms with van der Waals surface area (Å²) in [5.41, 5.74) is 2.26. The highest BCUT2D eigenvalue weighted by atomic mass is 16.6. The zero-order valence-electron chi connectivity index (χ0n) is 13.9. The average molecular weight is 335 g/mol. The number of nitrogens with one attached hydrogen (secondary N) is 1. The van der Waals surface area contributed by atoms with E-state index in [1.807, 2.05) is 6.92 Å². The second kappa shape index (κ2) is 9.39. The molecule has 0 spiro atoms. The molecule has 0 unspecified atom stereocenters. The maximum atomic E-state index is 12.1. The van der Waals surface area contributed by atoms with Gasteiger partial charge in [0, 0.05) is 11.8 Å². The Hall–Kier alpha value is -2.77. The number of nitro groups is 1. The van der Waals surface area contributed by atoms with E-state index in [0.29, 0.717) is 12.1 Å². The van der Waals surface area contributed by atoms with E-state index in [2.05, 4.69) is 10.5 Å². The van der Waals surface area contributed by atoms with E-state index in [-0.39, 0.29) is 17.9 Å². The van der Waals surface area contributed by atoms with Gasteiger partial charge in [0.2, 0.25) is 0 Å². The summed E-state index contributed by atoms with van der Waals surface area (Å²) in [7, 11) is 0. The Morgan fingerprint density at radius 2 is 2.00 bits per heavy atom. The molecule has 1 N–H and O–H groups in total. The van der Waals surface area contributed by atoms with Gasteiger partial charge in [0.1, 0.15) is 5.56 Å². The quantitative estimate of drug-likeness (QED) is 0.340. The fraction of sp³-hybridized carbons (Fsp3) is 0.438. The van der Waals surface area contributed by atoms with Gasteiger partial charge in [-0.25, -0.2) is 5.43 Å². The molecule has 1 aromatic carbocycles. The summed E-state index contributed by atoms with van der Waals surface area (Å²) in [5.74, 6) is -1.66. The molecule has 0 saturated carbocycles. The average Bonchev–Trinajstić information content (AvgIpc) is 2.57. The standard InChI is InChI=1S/C16H21N3O5/c1-4-8-12(16(21)24-5-2)11(3)17-18-15(20)13-9-6-7-10-14(13)19(22)23/h6-7,9-10,12H,4-5,8H2,1-3H3,(H,18,20)/b17-11+/t12-/m0/s1. The van der Waals surface area contributed by atoms with Crippen molar-refractivity contribution >= 4 is 23.3 Å². The third-order valence-electron chi connectivity index (χ3n) is 3.33. The maximum Gasteiger partial charge on any atom is 0.314 e. The van der Waals surface area contributed by atoms with Gasteiger partial charge in [-0.1, -0.05) is 25.5 Å². The molecular weight excluding hydrogens is 314 g/mol. The smallest absolute Gasteiger partial charge is 0.314 e. The molecule has 130 valence electrons. The lowest BCUT2D eigenvalue weighted by Crippen LogP contribution is -2.28. The Bertz CT molecular complexity index is 642. The van der Waals surface area contributed by atoms with Crippen molar-refractivity contribution in [1.82, 2.24) is 5.43 Å². The van der Waals surface area contributed by atoms with Crippen molar-refractivity contribution in [2.24, 2.45) is 11.0 Å². The van der Waals surface area contributed by atoms with Crippen LogP contribution < -0.4 is 5.43 Å². The number of hydrogen-bond acceptors (Lipinski definition) is 6. The number of amides is 1. The number of esters is 1. The van der Waals surface area contributed by atoms with Crippen LogP contribution in [0.2, 0.25) is 0 Å². The molecule has 1 aromatic rings. The molecule has 0 aliphatic carbocycles. The number of benzene rings is 1. The fourth-order valence-electron chi connectivity index (χ4n) is 2.13. The Labute approximate surface area is 140 Å². The number of carbonyl (C=O) groups excluding carboxylic acids is 2. The Balaban J connectivity index is 2.91. The summed E-state index contributed by atoms with van der Waals surface area (Å²) in [6.07, 6.45) is 1.28. The van der Waals surface area contributed by atoms with Gasteiger partial charge in [-0.2, -0.15) is 5.10 Å². The Morgan fingerprint density at radius 1 is 1.33 bits per heavy atom. The molecule has 0 aromatic heterocycles. The van der Waals surface area contributed by atoms with Crippen molar-refractivity contribution in [3.63, 3.8) is 0 Å². The Kier molecular flexibility index (Phi) is 7.54. The fourth-order valence-corrected chi connectivity index (χ4v) is 2.13. The first kappa shape index (κ1) is 19.3. The largest absolute Gasteiger partial charge is 0.465 e. The monoisotopic (exact) mass is 335 g/mol. The number of carbonyl (C=O) groups is 2. The number of hydrogen-bond donors (Lipinski definition) is 1. The van der Waals surface area contributed by atoms with E-state index in [1.54, 1.807) is 13.8 Å². The summed E-state index contributed by atoms with van der Waals surface area (Å²) in [6.45, 7) is 5.50. The molecule has 0 heterocycles. The number of ether oxygens (including phenoxy) is 1. The van der Waals surface area contributed by atoms with Crippen LogP contribution in [0.3, 0.4) is 0 Å². The lowest BCUT2D eigenvalue weighted by molar-refractivity contribution is -0.385. The number of rotatable bonds is 8. The molecule has 24 heavy (non-hydrogen) atoms. The molecule has 0 fully saturated rings. The van der Waals surface area contributed by atoms with Gasteiger partial charge < -0.3 is 4.74 Å². The zero-order chi connectivity index (χ0) is 18.1. The first-order chi connectivity index (χ1) is 11.4. The van der Waals surface area contributed by atoms with Crippen LogP contribution in [0, 0.1) is 16.0 Å². The van der Waals surface area contributed by atoms with Gasteiger partial charge in [-0.05, 0) is 26.3 Å². The third-order valence-corrected chi connectivity index (χ3v) is 3.33. The van der Waals surface area contributed by atoms with Crippen molar-refractivity contribution in [1.29, 1.82) is 0 Å². The predicted molar refractivity (Wildman–Crippen MR) is 88.7 cm³/mol. The lowest BCUT2D eigenvalue weighted by atomic mass is 9.99. The highest BCUT2D eigenvalue weighted by Gasteiger charge is 2.23. The van der Waals surface area contributed by atoms with Crippen molar-refractivity contribution in [3.8, 4) is 0 Å². The molecular formula is C16H21N3O5. The van der Waals surface area contributed by atoms with Crippen LogP contribution in [0.5, 0.6) is 0 Å². The van der Waals surface area contributed by atoms with Crippen LogP contribution in [0.4, 0.5) is 5.69 Å². The van der Waals surface area contributed by atoms with E-state index in [0.717, 1.165) is 6.42 Å². The van der Waals surface area contributed by atoms with Crippen molar-refractivity contribution in [2.45, 2.75) is 33.6 Å². The predicted octanol–water partition coefficient (Wildman–Crippen LogP) is 2.68. The molecule has 1 rings (SSSR count). The molecule has 0 radical (unpaired) electrons. The summed E-state index contributed by atoms with van der Waals surface area (Å²) in [4.78, 5) is 34.4. The number of hydrazone groups is 1. The van der Waals surface area contributed by atoms with E-state index in [4.69, 9.17) is 4.74 Å². The molecule has 0 saturated heterocycles. The molecule has 1 atom stereocenters. The van der Waals surface area contributed by atoms with Crippen molar-refractivity contribution in [2.75, 3.05) is 6.61 Å². The summed E-state index contributed by atoms with van der Waals surface area (Å²) in [6, 6.07) is 5.58. The lowest BCUT2D eigenvalue weighted by Gasteiger charge is -2.14. The van der Waals surface area contributed by atoms with Gasteiger partial charge in [0.05, 0.1) is 17.4 Å². The minimum Gasteiger partial charge on any atom is -0.465 e. The van der Waals surface area contributed by atoms with Crippen LogP contribution in [-0.4, -0.2) is 29.1 Å². The summed E-state index contributed by atoms with van der Waals surface area (Å²) in [5, 5.41) is 14.9. The first-order valence-electron chi connectivity index (χ1n) is 7.66. The van der Waals surface area contributed by atoms with Crippen LogP contribution in [0.1, 0.15) is 44.0 Å². The topological polar surface area (TPSA) is 111 Å². The SMILES string of the molecule is CCC[C@H](C(=O)OCC)/C(C)=N/NC(=O)c1ccccc1[N+](=O)[O-]. The highest BCUT2D eigenvalue weighted by Crippen LogP contribution is 2.17. The van der Waals surface area contributed by atoms with Crippen molar-refractivity contribution < 1.29 is 19.2 Å². The number of para-hydroxylation sites is 1. The van der Waals surface area contributed by atoms with Crippen molar-refractivity contribution in [3.05, 3.63) is 39.9 Å². The van der Waals surface area contributed by atoms with E-state index in [1.165, 1.54) is 24.3 Å². The van der Waals surface area contributed by atoms with Gasteiger partial charge >= 0.3 is 5.97 Å². The molecule has 0 aliphatic heterocycles. The van der Waals surface area contributed by atoms with Gasteiger partial charge in [0.25, 0.3) is 11.6 Å². The van der Waals surface area contributed by atoms with E-state index >= 15 is 0 Å². The van der Waals surface area contributed by atoms with Crippen LogP contribution in [0.15, 0.2) is 29.4 Å². The van der Waals surface area contributed by atoms with E-state index < -0.39 is 22.7 Å². The molecule has 8 nitrogen and oxygen atoms in total. The second-order valence-corrected chi connectivity index (χ2v) is 5.06. The molecule has 1 amide bonds. The van der Waals surface area contributed by atoms with E-state index in [9.17, 15) is 19.7 Å². The van der Waals surface area contributed by atoms with Crippen LogP contribution in [0.25, 0.3) is 0 Å². The minimum atomic E-state index is -0.708. The summed E-state index contributed by atoms with van der Waals surface area (Å²) >= 11 is 0. The van der Waals surface area contributed by atoms with Crippen LogP contribution in [-0.2, 0) is 9.53 Å². The van der Waals surface area contributed by atoms with Gasteiger partial charge in [0.15, 0.2) is 0 Å². The van der Waals surface area contributed by atoms with Gasteiger partial charge in [-0.15, -0.1) is 0 Å². The summed E-state index contributed by atoms with van der Waals surface area (Å²) < 4.78 is 5.00. The highest BCUT2D eigenvalue weighted by molar-refractivity contribution is 6.03. The normalized spacial score (nSPS) is 12.4. The Morgan fingerprint density at radius 3 is 2.58 bits per heavy atom.